The van der Waals surface area contributed by atoms with Crippen LogP contribution in [0.1, 0.15) is 18.5 Å². The Morgan fingerprint density at radius 2 is 2.00 bits per heavy atom. The highest BCUT2D eigenvalue weighted by atomic mass is 16.6. The smallest absolute Gasteiger partial charge is 0.269 e. The molecule has 1 heterocycles. The van der Waals surface area contributed by atoms with Crippen molar-refractivity contribution in [3.63, 3.8) is 0 Å². The van der Waals surface area contributed by atoms with Gasteiger partial charge in [0.05, 0.1) is 4.92 Å². The Balaban J connectivity index is 2.23. The van der Waals surface area contributed by atoms with Crippen LogP contribution in [-0.2, 0) is 0 Å². The minimum absolute atomic E-state index is 0.0298. The molecule has 0 saturated carbocycles. The van der Waals surface area contributed by atoms with Gasteiger partial charge in [0.25, 0.3) is 5.69 Å². The summed E-state index contributed by atoms with van der Waals surface area (Å²) in [5.41, 5.74) is 0.954. The van der Waals surface area contributed by atoms with E-state index >= 15 is 0 Å². The van der Waals surface area contributed by atoms with Gasteiger partial charge in [0.2, 0.25) is 5.88 Å². The van der Waals surface area contributed by atoms with E-state index in [1.165, 1.54) is 12.1 Å². The molecule has 0 radical (unpaired) electrons. The molecular weight excluding hydrogens is 258 g/mol. The van der Waals surface area contributed by atoms with Crippen LogP contribution >= 0.6 is 0 Å². The van der Waals surface area contributed by atoms with E-state index in [2.05, 4.69) is 10.3 Å². The maximum absolute atomic E-state index is 10.6. The van der Waals surface area contributed by atoms with Crippen molar-refractivity contribution in [2.75, 3.05) is 7.05 Å². The maximum atomic E-state index is 10.6. The van der Waals surface area contributed by atoms with Crippen molar-refractivity contribution in [3.8, 4) is 11.6 Å². The predicted octanol–water partition coefficient (Wildman–Crippen LogP) is 3.06. The largest absolute Gasteiger partial charge is 0.439 e. The molecule has 0 fully saturated rings. The average molecular weight is 273 g/mol. The second-order valence-electron chi connectivity index (χ2n) is 4.26. The number of ether oxygens (including phenoxy) is 1. The van der Waals surface area contributed by atoms with Crippen molar-refractivity contribution in [1.82, 2.24) is 10.3 Å². The van der Waals surface area contributed by atoms with Crippen LogP contribution in [0.4, 0.5) is 5.69 Å². The maximum Gasteiger partial charge on any atom is 0.269 e. The number of aromatic nitrogens is 1. The van der Waals surface area contributed by atoms with Gasteiger partial charge in [0.15, 0.2) is 0 Å². The van der Waals surface area contributed by atoms with Crippen LogP contribution in [0, 0.1) is 10.1 Å². The Labute approximate surface area is 116 Å². The highest BCUT2D eigenvalue weighted by Crippen LogP contribution is 2.28. The molecular formula is C14H15N3O3. The first-order chi connectivity index (χ1) is 9.61. The van der Waals surface area contributed by atoms with E-state index < -0.39 is 4.92 Å². The van der Waals surface area contributed by atoms with E-state index in [1.807, 2.05) is 26.1 Å². The number of pyridine rings is 1. The second kappa shape index (κ2) is 6.12. The third-order valence-corrected chi connectivity index (χ3v) is 2.96. The number of hydrogen-bond donors (Lipinski definition) is 1. The summed E-state index contributed by atoms with van der Waals surface area (Å²) in [6.07, 6.45) is 1.65. The zero-order chi connectivity index (χ0) is 14.5. The third kappa shape index (κ3) is 3.10. The molecule has 1 N–H and O–H groups in total. The van der Waals surface area contributed by atoms with E-state index in [-0.39, 0.29) is 11.7 Å². The van der Waals surface area contributed by atoms with Gasteiger partial charge in [-0.25, -0.2) is 4.98 Å². The average Bonchev–Trinajstić information content (AvgIpc) is 2.47. The molecule has 1 aromatic heterocycles. The van der Waals surface area contributed by atoms with Crippen molar-refractivity contribution >= 4 is 5.69 Å². The van der Waals surface area contributed by atoms with Crippen molar-refractivity contribution in [2.24, 2.45) is 0 Å². The molecule has 0 spiro atoms. The molecule has 2 rings (SSSR count). The van der Waals surface area contributed by atoms with E-state index in [0.717, 1.165) is 5.56 Å². The monoisotopic (exact) mass is 273 g/mol. The lowest BCUT2D eigenvalue weighted by Gasteiger charge is -2.14. The molecule has 1 atom stereocenters. The third-order valence-electron chi connectivity index (χ3n) is 2.96. The van der Waals surface area contributed by atoms with Gasteiger partial charge in [-0.15, -0.1) is 0 Å². The topological polar surface area (TPSA) is 77.3 Å². The predicted molar refractivity (Wildman–Crippen MR) is 74.9 cm³/mol. The van der Waals surface area contributed by atoms with Crippen molar-refractivity contribution in [3.05, 3.63) is 58.3 Å². The Kier molecular flexibility index (Phi) is 4.27. The lowest BCUT2D eigenvalue weighted by atomic mass is 10.1. The Morgan fingerprint density at radius 1 is 1.30 bits per heavy atom. The van der Waals surface area contributed by atoms with Crippen LogP contribution < -0.4 is 10.1 Å². The molecule has 0 saturated heterocycles. The fraction of sp³-hybridized carbons (Fsp3) is 0.214. The molecule has 20 heavy (non-hydrogen) atoms. The molecule has 6 heteroatoms. The summed E-state index contributed by atoms with van der Waals surface area (Å²) in [6, 6.07) is 9.78. The minimum Gasteiger partial charge on any atom is -0.439 e. The summed E-state index contributed by atoms with van der Waals surface area (Å²) < 4.78 is 5.69. The van der Waals surface area contributed by atoms with Crippen LogP contribution in [0.3, 0.4) is 0 Å². The van der Waals surface area contributed by atoms with Crippen LogP contribution in [0.5, 0.6) is 11.6 Å². The molecule has 0 amide bonds. The van der Waals surface area contributed by atoms with Gasteiger partial charge in [0, 0.05) is 29.9 Å². The quantitative estimate of drug-likeness (QED) is 0.669. The lowest BCUT2D eigenvalue weighted by Crippen LogP contribution is -2.13. The first-order valence-corrected chi connectivity index (χ1v) is 6.16. The summed E-state index contributed by atoms with van der Waals surface area (Å²) in [5, 5.41) is 13.7. The van der Waals surface area contributed by atoms with E-state index in [9.17, 15) is 10.1 Å². The molecule has 6 nitrogen and oxygen atoms in total. The highest BCUT2D eigenvalue weighted by molar-refractivity contribution is 5.39. The lowest BCUT2D eigenvalue weighted by molar-refractivity contribution is -0.384. The zero-order valence-electron chi connectivity index (χ0n) is 11.2. The van der Waals surface area contributed by atoms with Gasteiger partial charge in [-0.1, -0.05) is 6.07 Å². The van der Waals surface area contributed by atoms with Crippen molar-refractivity contribution in [1.29, 1.82) is 0 Å². The molecule has 1 aromatic carbocycles. The Hall–Kier alpha value is -2.47. The summed E-state index contributed by atoms with van der Waals surface area (Å²) in [5.74, 6) is 1.00. The fourth-order valence-electron chi connectivity index (χ4n) is 1.72. The molecule has 0 aliphatic carbocycles. The number of nitrogens with zero attached hydrogens (tertiary/aromatic N) is 2. The number of rotatable bonds is 5. The van der Waals surface area contributed by atoms with Gasteiger partial charge in [-0.05, 0) is 32.2 Å². The standard InChI is InChI=1S/C14H15N3O3/c1-10(15-2)13-4-3-9-16-14(13)20-12-7-5-11(6-8-12)17(18)19/h3-10,15H,1-2H3. The number of non-ortho nitro benzene ring substituents is 1. The molecule has 0 aliphatic heterocycles. The van der Waals surface area contributed by atoms with Gasteiger partial charge >= 0.3 is 0 Å². The molecule has 2 aromatic rings. The first kappa shape index (κ1) is 14.0. The first-order valence-electron chi connectivity index (χ1n) is 6.16. The van der Waals surface area contributed by atoms with Crippen LogP contribution in [0.2, 0.25) is 0 Å². The van der Waals surface area contributed by atoms with E-state index in [1.54, 1.807) is 18.3 Å². The van der Waals surface area contributed by atoms with Gasteiger partial charge in [0.1, 0.15) is 5.75 Å². The number of nitro groups is 1. The molecule has 104 valence electrons. The highest BCUT2D eigenvalue weighted by Gasteiger charge is 2.12. The SMILES string of the molecule is CNC(C)c1cccnc1Oc1ccc([N+](=O)[O-])cc1. The van der Waals surface area contributed by atoms with Gasteiger partial charge in [-0.2, -0.15) is 0 Å². The fourth-order valence-corrected chi connectivity index (χ4v) is 1.72. The molecule has 0 bridgehead atoms. The summed E-state index contributed by atoms with van der Waals surface area (Å²) in [6.45, 7) is 2.00. The minimum atomic E-state index is -0.445. The van der Waals surface area contributed by atoms with E-state index in [4.69, 9.17) is 4.74 Å². The van der Waals surface area contributed by atoms with Crippen LogP contribution in [-0.4, -0.2) is 17.0 Å². The second-order valence-corrected chi connectivity index (χ2v) is 4.26. The van der Waals surface area contributed by atoms with Crippen molar-refractivity contribution < 1.29 is 9.66 Å². The summed E-state index contributed by atoms with van der Waals surface area (Å²) >= 11 is 0. The number of benzene rings is 1. The summed E-state index contributed by atoms with van der Waals surface area (Å²) in [7, 11) is 1.85. The summed E-state index contributed by atoms with van der Waals surface area (Å²) in [4.78, 5) is 14.4. The molecule has 0 aliphatic rings. The molecule has 1 unspecified atom stereocenters. The normalized spacial score (nSPS) is 11.9. The van der Waals surface area contributed by atoms with Crippen LogP contribution in [0.15, 0.2) is 42.6 Å². The van der Waals surface area contributed by atoms with E-state index in [0.29, 0.717) is 11.6 Å². The van der Waals surface area contributed by atoms with Gasteiger partial charge < -0.3 is 10.1 Å². The number of hydrogen-bond acceptors (Lipinski definition) is 5. The number of nitrogens with one attached hydrogen (secondary N) is 1. The van der Waals surface area contributed by atoms with Gasteiger partial charge in [-0.3, -0.25) is 10.1 Å². The Bertz CT molecular complexity index is 599. The van der Waals surface area contributed by atoms with Crippen LogP contribution in [0.25, 0.3) is 0 Å². The zero-order valence-corrected chi connectivity index (χ0v) is 11.2. The van der Waals surface area contributed by atoms with Crippen molar-refractivity contribution in [2.45, 2.75) is 13.0 Å². The Morgan fingerprint density at radius 3 is 2.60 bits per heavy atom. The number of nitro benzene ring substituents is 1.